The van der Waals surface area contributed by atoms with Crippen LogP contribution in [0.1, 0.15) is 49.5 Å². The van der Waals surface area contributed by atoms with Crippen LogP contribution in [0.5, 0.6) is 0 Å². The second kappa shape index (κ2) is 7.77. The molecule has 1 aliphatic carbocycles. The number of likely N-dealkylation sites (tertiary alicyclic amines) is 1. The molecule has 1 saturated carbocycles. The number of piperidine rings is 1. The number of hydrogen-bond acceptors (Lipinski definition) is 4. The Kier molecular flexibility index (Phi) is 5.19. The van der Waals surface area contributed by atoms with Crippen molar-refractivity contribution in [3.63, 3.8) is 0 Å². The van der Waals surface area contributed by atoms with Gasteiger partial charge in [-0.05, 0) is 45.6 Å². The molecule has 2 aromatic rings. The molecule has 0 aromatic carbocycles. The summed E-state index contributed by atoms with van der Waals surface area (Å²) in [7, 11) is 0. The van der Waals surface area contributed by atoms with Gasteiger partial charge in [-0.2, -0.15) is 10.2 Å². The van der Waals surface area contributed by atoms with Crippen LogP contribution in [-0.4, -0.2) is 49.4 Å². The van der Waals surface area contributed by atoms with E-state index in [4.69, 9.17) is 0 Å². The monoisotopic (exact) mass is 384 g/mol. The molecule has 2 aromatic heterocycles. The van der Waals surface area contributed by atoms with Crippen molar-refractivity contribution in [3.05, 3.63) is 29.7 Å². The van der Waals surface area contributed by atoms with Crippen molar-refractivity contribution >= 4 is 17.6 Å². The SMILES string of the molecule is Cc1cc(C)n(CCC(=O)N2CCC(n3nccc3NC(=O)C3CC3)CC2)n1. The molecule has 8 nitrogen and oxygen atoms in total. The lowest BCUT2D eigenvalue weighted by Gasteiger charge is -2.33. The van der Waals surface area contributed by atoms with Crippen LogP contribution >= 0.6 is 0 Å². The Morgan fingerprint density at radius 3 is 2.57 bits per heavy atom. The summed E-state index contributed by atoms with van der Waals surface area (Å²) in [6.07, 6.45) is 5.86. The standard InChI is InChI=1S/C20H28N6O2/c1-14-13-15(2)25(23-14)12-8-19(27)24-10-6-17(7-11-24)26-18(5-9-21-26)22-20(28)16-3-4-16/h5,9,13,16-17H,3-4,6-8,10-12H2,1-2H3,(H,22,28). The summed E-state index contributed by atoms with van der Waals surface area (Å²) in [4.78, 5) is 26.6. The van der Waals surface area contributed by atoms with E-state index in [9.17, 15) is 9.59 Å². The number of rotatable bonds is 6. The van der Waals surface area contributed by atoms with Gasteiger partial charge in [0.05, 0.1) is 17.9 Å². The second-order valence-corrected chi connectivity index (χ2v) is 7.94. The summed E-state index contributed by atoms with van der Waals surface area (Å²) in [5.41, 5.74) is 2.07. The number of aryl methyl sites for hydroxylation is 3. The quantitative estimate of drug-likeness (QED) is 0.828. The number of hydrogen-bond donors (Lipinski definition) is 1. The van der Waals surface area contributed by atoms with Gasteiger partial charge in [0.1, 0.15) is 5.82 Å². The molecule has 8 heteroatoms. The van der Waals surface area contributed by atoms with Crippen LogP contribution in [0.15, 0.2) is 18.3 Å². The zero-order chi connectivity index (χ0) is 19.7. The van der Waals surface area contributed by atoms with E-state index in [0.717, 1.165) is 56.0 Å². The first-order chi connectivity index (χ1) is 13.5. The lowest BCUT2D eigenvalue weighted by molar-refractivity contribution is -0.132. The minimum absolute atomic E-state index is 0.0958. The fourth-order valence-electron chi connectivity index (χ4n) is 3.90. The van der Waals surface area contributed by atoms with Crippen molar-refractivity contribution in [2.45, 2.75) is 58.5 Å². The number of amides is 2. The number of nitrogens with one attached hydrogen (secondary N) is 1. The highest BCUT2D eigenvalue weighted by molar-refractivity contribution is 5.93. The summed E-state index contributed by atoms with van der Waals surface area (Å²) in [6.45, 7) is 6.04. The highest BCUT2D eigenvalue weighted by Crippen LogP contribution is 2.31. The minimum atomic E-state index is 0.0958. The molecular formula is C20H28N6O2. The number of anilines is 1. The van der Waals surface area contributed by atoms with Gasteiger partial charge < -0.3 is 10.2 Å². The third-order valence-corrected chi connectivity index (χ3v) is 5.67. The van der Waals surface area contributed by atoms with Gasteiger partial charge in [-0.25, -0.2) is 4.68 Å². The molecular weight excluding hydrogens is 356 g/mol. The molecule has 4 rings (SSSR count). The molecule has 150 valence electrons. The number of aromatic nitrogens is 4. The van der Waals surface area contributed by atoms with Crippen molar-refractivity contribution in [2.75, 3.05) is 18.4 Å². The first kappa shape index (κ1) is 18.7. The maximum absolute atomic E-state index is 12.6. The van der Waals surface area contributed by atoms with E-state index in [2.05, 4.69) is 15.5 Å². The first-order valence-corrected chi connectivity index (χ1v) is 10.1. The van der Waals surface area contributed by atoms with Gasteiger partial charge in [-0.3, -0.25) is 14.3 Å². The number of carbonyl (C=O) groups is 2. The molecule has 0 radical (unpaired) electrons. The largest absolute Gasteiger partial charge is 0.342 e. The topological polar surface area (TPSA) is 85.0 Å². The van der Waals surface area contributed by atoms with Gasteiger partial charge in [0.15, 0.2) is 0 Å². The maximum atomic E-state index is 12.6. The molecule has 2 aliphatic rings. The van der Waals surface area contributed by atoms with Crippen molar-refractivity contribution in [2.24, 2.45) is 5.92 Å². The van der Waals surface area contributed by atoms with Crippen LogP contribution in [0, 0.1) is 19.8 Å². The molecule has 1 saturated heterocycles. The Morgan fingerprint density at radius 1 is 1.18 bits per heavy atom. The summed E-state index contributed by atoms with van der Waals surface area (Å²) in [5.74, 6) is 1.21. The van der Waals surface area contributed by atoms with Crippen LogP contribution in [0.2, 0.25) is 0 Å². The molecule has 0 atom stereocenters. The molecule has 28 heavy (non-hydrogen) atoms. The van der Waals surface area contributed by atoms with Crippen LogP contribution < -0.4 is 5.32 Å². The molecule has 3 heterocycles. The number of carbonyl (C=O) groups excluding carboxylic acids is 2. The Labute approximate surface area is 164 Å². The summed E-state index contributed by atoms with van der Waals surface area (Å²) < 4.78 is 3.82. The van der Waals surface area contributed by atoms with Crippen molar-refractivity contribution in [1.29, 1.82) is 0 Å². The minimum Gasteiger partial charge on any atom is -0.342 e. The highest BCUT2D eigenvalue weighted by atomic mass is 16.2. The van der Waals surface area contributed by atoms with Crippen molar-refractivity contribution < 1.29 is 9.59 Å². The zero-order valence-electron chi connectivity index (χ0n) is 16.6. The zero-order valence-corrected chi connectivity index (χ0v) is 16.6. The second-order valence-electron chi connectivity index (χ2n) is 7.94. The summed E-state index contributed by atoms with van der Waals surface area (Å²) in [6, 6.07) is 4.09. The lowest BCUT2D eigenvalue weighted by Crippen LogP contribution is -2.39. The third kappa shape index (κ3) is 4.10. The third-order valence-electron chi connectivity index (χ3n) is 5.67. The van der Waals surface area contributed by atoms with Crippen LogP contribution in [0.4, 0.5) is 5.82 Å². The summed E-state index contributed by atoms with van der Waals surface area (Å²) in [5, 5.41) is 11.8. The van der Waals surface area contributed by atoms with Gasteiger partial charge in [-0.1, -0.05) is 0 Å². The van der Waals surface area contributed by atoms with E-state index >= 15 is 0 Å². The van der Waals surface area contributed by atoms with Crippen molar-refractivity contribution in [3.8, 4) is 0 Å². The van der Waals surface area contributed by atoms with Crippen LogP contribution in [0.25, 0.3) is 0 Å². The molecule has 1 N–H and O–H groups in total. The molecule has 0 unspecified atom stereocenters. The number of nitrogens with zero attached hydrogens (tertiary/aromatic N) is 5. The summed E-state index contributed by atoms with van der Waals surface area (Å²) >= 11 is 0. The average Bonchev–Trinajstić information content (AvgIpc) is 3.36. The predicted octanol–water partition coefficient (Wildman–Crippen LogP) is 2.30. The van der Waals surface area contributed by atoms with Gasteiger partial charge in [-0.15, -0.1) is 0 Å². The normalized spacial score (nSPS) is 17.7. The van der Waals surface area contributed by atoms with Gasteiger partial charge in [0, 0.05) is 43.7 Å². The predicted molar refractivity (Wildman–Crippen MR) is 105 cm³/mol. The van der Waals surface area contributed by atoms with E-state index in [1.54, 1.807) is 6.20 Å². The molecule has 0 spiro atoms. The van der Waals surface area contributed by atoms with E-state index < -0.39 is 0 Å². The first-order valence-electron chi connectivity index (χ1n) is 10.1. The molecule has 2 amide bonds. The molecule has 0 bridgehead atoms. The Morgan fingerprint density at radius 2 is 1.93 bits per heavy atom. The highest BCUT2D eigenvalue weighted by Gasteiger charge is 2.31. The Bertz CT molecular complexity index is 858. The van der Waals surface area contributed by atoms with Crippen LogP contribution in [0.3, 0.4) is 0 Å². The Balaban J connectivity index is 1.28. The molecule has 1 aliphatic heterocycles. The van der Waals surface area contributed by atoms with E-state index in [1.807, 2.05) is 40.2 Å². The van der Waals surface area contributed by atoms with Gasteiger partial charge >= 0.3 is 0 Å². The smallest absolute Gasteiger partial charge is 0.228 e. The van der Waals surface area contributed by atoms with E-state index in [1.165, 1.54) is 0 Å². The van der Waals surface area contributed by atoms with Gasteiger partial charge in [0.25, 0.3) is 0 Å². The molecule has 2 fully saturated rings. The fourth-order valence-corrected chi connectivity index (χ4v) is 3.90. The van der Waals surface area contributed by atoms with Gasteiger partial charge in [0.2, 0.25) is 11.8 Å². The maximum Gasteiger partial charge on any atom is 0.228 e. The van der Waals surface area contributed by atoms with E-state index in [0.29, 0.717) is 13.0 Å². The Hall–Kier alpha value is -2.64. The lowest BCUT2D eigenvalue weighted by atomic mass is 10.0. The van der Waals surface area contributed by atoms with Crippen LogP contribution in [-0.2, 0) is 16.1 Å². The van der Waals surface area contributed by atoms with E-state index in [-0.39, 0.29) is 23.8 Å². The van der Waals surface area contributed by atoms with Crippen molar-refractivity contribution in [1.82, 2.24) is 24.5 Å². The average molecular weight is 384 g/mol. The fraction of sp³-hybridized carbons (Fsp3) is 0.600.